The Bertz CT molecular complexity index is 438. The first kappa shape index (κ1) is 10.7. The van der Waals surface area contributed by atoms with Gasteiger partial charge in [-0.05, 0) is 13.3 Å². The SMILES string of the molecule is Cc1cc(NC(=O)C2CCC(=O)N2)n(C)n1. The van der Waals surface area contributed by atoms with Crippen LogP contribution in [0.4, 0.5) is 5.82 Å². The Morgan fingerprint density at radius 2 is 2.44 bits per heavy atom. The summed E-state index contributed by atoms with van der Waals surface area (Å²) in [6.07, 6.45) is 0.976. The van der Waals surface area contributed by atoms with Crippen molar-refractivity contribution in [2.75, 3.05) is 5.32 Å². The van der Waals surface area contributed by atoms with E-state index in [-0.39, 0.29) is 11.8 Å². The van der Waals surface area contributed by atoms with Crippen molar-refractivity contribution in [3.05, 3.63) is 11.8 Å². The van der Waals surface area contributed by atoms with Gasteiger partial charge in [0, 0.05) is 19.5 Å². The van der Waals surface area contributed by atoms with Gasteiger partial charge in [-0.1, -0.05) is 0 Å². The molecule has 1 aromatic heterocycles. The van der Waals surface area contributed by atoms with E-state index >= 15 is 0 Å². The second-order valence-corrected chi connectivity index (χ2v) is 3.94. The van der Waals surface area contributed by atoms with Gasteiger partial charge in [-0.15, -0.1) is 0 Å². The van der Waals surface area contributed by atoms with Crippen LogP contribution in [-0.2, 0) is 16.6 Å². The molecular formula is C10H14N4O2. The van der Waals surface area contributed by atoms with E-state index in [2.05, 4.69) is 15.7 Å². The van der Waals surface area contributed by atoms with Crippen molar-refractivity contribution in [2.45, 2.75) is 25.8 Å². The van der Waals surface area contributed by atoms with Crippen molar-refractivity contribution in [1.29, 1.82) is 0 Å². The van der Waals surface area contributed by atoms with Crippen LogP contribution in [0, 0.1) is 6.92 Å². The molecule has 6 heteroatoms. The quantitative estimate of drug-likeness (QED) is 0.736. The van der Waals surface area contributed by atoms with Gasteiger partial charge in [0.2, 0.25) is 11.8 Å². The van der Waals surface area contributed by atoms with E-state index in [1.165, 1.54) is 0 Å². The molecule has 1 fully saturated rings. The minimum Gasteiger partial charge on any atom is -0.344 e. The Hall–Kier alpha value is -1.85. The number of nitrogens with zero attached hydrogens (tertiary/aromatic N) is 2. The summed E-state index contributed by atoms with van der Waals surface area (Å²) in [7, 11) is 1.76. The molecule has 1 aliphatic rings. The van der Waals surface area contributed by atoms with Gasteiger partial charge < -0.3 is 10.6 Å². The summed E-state index contributed by atoms with van der Waals surface area (Å²) in [5, 5.41) is 9.48. The lowest BCUT2D eigenvalue weighted by Crippen LogP contribution is -2.37. The third-order valence-corrected chi connectivity index (χ3v) is 2.57. The largest absolute Gasteiger partial charge is 0.344 e. The van der Waals surface area contributed by atoms with Crippen molar-refractivity contribution in [3.8, 4) is 0 Å². The van der Waals surface area contributed by atoms with Gasteiger partial charge in [-0.25, -0.2) is 0 Å². The number of hydrogen-bond acceptors (Lipinski definition) is 3. The van der Waals surface area contributed by atoms with Crippen LogP contribution in [-0.4, -0.2) is 27.6 Å². The average Bonchev–Trinajstić information content (AvgIpc) is 2.74. The molecule has 2 heterocycles. The van der Waals surface area contributed by atoms with Crippen molar-refractivity contribution in [3.63, 3.8) is 0 Å². The third kappa shape index (κ3) is 2.05. The molecule has 0 spiro atoms. The second kappa shape index (κ2) is 3.96. The number of rotatable bonds is 2. The second-order valence-electron chi connectivity index (χ2n) is 3.94. The lowest BCUT2D eigenvalue weighted by Gasteiger charge is -2.10. The van der Waals surface area contributed by atoms with Crippen LogP contribution in [0.25, 0.3) is 0 Å². The molecule has 0 radical (unpaired) electrons. The minimum absolute atomic E-state index is 0.0682. The monoisotopic (exact) mass is 222 g/mol. The van der Waals surface area contributed by atoms with Crippen LogP contribution >= 0.6 is 0 Å². The first-order valence-electron chi connectivity index (χ1n) is 5.17. The Labute approximate surface area is 93.0 Å². The van der Waals surface area contributed by atoms with Gasteiger partial charge in [0.1, 0.15) is 11.9 Å². The van der Waals surface area contributed by atoms with Gasteiger partial charge in [0.15, 0.2) is 0 Å². The lowest BCUT2D eigenvalue weighted by molar-refractivity contribution is -0.122. The number of amides is 2. The van der Waals surface area contributed by atoms with Crippen LogP contribution in [0.3, 0.4) is 0 Å². The summed E-state index contributed by atoms with van der Waals surface area (Å²) in [5.74, 6) is 0.388. The fraction of sp³-hybridized carbons (Fsp3) is 0.500. The van der Waals surface area contributed by atoms with Crippen molar-refractivity contribution in [1.82, 2.24) is 15.1 Å². The van der Waals surface area contributed by atoms with Crippen molar-refractivity contribution >= 4 is 17.6 Å². The van der Waals surface area contributed by atoms with E-state index in [9.17, 15) is 9.59 Å². The molecule has 1 saturated heterocycles. The molecule has 2 amide bonds. The fourth-order valence-corrected chi connectivity index (χ4v) is 1.75. The zero-order chi connectivity index (χ0) is 11.7. The highest BCUT2D eigenvalue weighted by atomic mass is 16.2. The predicted octanol–water partition coefficient (Wildman–Crippen LogP) is -0.0544. The van der Waals surface area contributed by atoms with Crippen LogP contribution in [0.2, 0.25) is 0 Å². The van der Waals surface area contributed by atoms with Gasteiger partial charge in [-0.2, -0.15) is 5.10 Å². The number of carbonyl (C=O) groups excluding carboxylic acids is 2. The number of aryl methyl sites for hydroxylation is 2. The van der Waals surface area contributed by atoms with E-state index in [0.717, 1.165) is 5.69 Å². The molecule has 0 aliphatic carbocycles. The first-order chi connectivity index (χ1) is 7.56. The maximum Gasteiger partial charge on any atom is 0.248 e. The van der Waals surface area contributed by atoms with Crippen LogP contribution < -0.4 is 10.6 Å². The predicted molar refractivity (Wildman–Crippen MR) is 57.7 cm³/mol. The lowest BCUT2D eigenvalue weighted by atomic mass is 10.2. The standard InChI is InChI=1S/C10H14N4O2/c1-6-5-8(14(2)13-6)12-10(16)7-3-4-9(15)11-7/h5,7H,3-4H2,1-2H3,(H,11,15)(H,12,16). The molecule has 0 bridgehead atoms. The molecule has 2 rings (SSSR count). The van der Waals surface area contributed by atoms with Gasteiger partial charge in [0.05, 0.1) is 5.69 Å². The fourth-order valence-electron chi connectivity index (χ4n) is 1.75. The molecule has 16 heavy (non-hydrogen) atoms. The van der Waals surface area contributed by atoms with Crippen molar-refractivity contribution < 1.29 is 9.59 Å². The number of hydrogen-bond donors (Lipinski definition) is 2. The number of aromatic nitrogens is 2. The van der Waals surface area contributed by atoms with E-state index in [0.29, 0.717) is 18.7 Å². The normalized spacial score (nSPS) is 19.6. The highest BCUT2D eigenvalue weighted by molar-refractivity contribution is 5.98. The molecule has 1 unspecified atom stereocenters. The molecule has 0 saturated carbocycles. The Morgan fingerprint density at radius 3 is 2.94 bits per heavy atom. The summed E-state index contributed by atoms with van der Waals surface area (Å²) in [5.41, 5.74) is 0.841. The third-order valence-electron chi connectivity index (χ3n) is 2.57. The molecule has 1 atom stereocenters. The van der Waals surface area contributed by atoms with Gasteiger partial charge in [-0.3, -0.25) is 14.3 Å². The molecule has 1 aromatic rings. The highest BCUT2D eigenvalue weighted by Crippen LogP contribution is 2.12. The zero-order valence-corrected chi connectivity index (χ0v) is 9.28. The zero-order valence-electron chi connectivity index (χ0n) is 9.28. The van der Waals surface area contributed by atoms with Gasteiger partial charge >= 0.3 is 0 Å². The van der Waals surface area contributed by atoms with E-state index < -0.39 is 6.04 Å². The smallest absolute Gasteiger partial charge is 0.248 e. The molecule has 1 aliphatic heterocycles. The maximum absolute atomic E-state index is 11.8. The molecular weight excluding hydrogens is 208 g/mol. The van der Waals surface area contributed by atoms with E-state index in [1.807, 2.05) is 6.92 Å². The minimum atomic E-state index is -0.414. The highest BCUT2D eigenvalue weighted by Gasteiger charge is 2.27. The molecule has 86 valence electrons. The summed E-state index contributed by atoms with van der Waals surface area (Å²) < 4.78 is 1.60. The van der Waals surface area contributed by atoms with Crippen LogP contribution in [0.5, 0.6) is 0 Å². The maximum atomic E-state index is 11.8. The summed E-state index contributed by atoms with van der Waals surface area (Å²) >= 11 is 0. The number of anilines is 1. The first-order valence-corrected chi connectivity index (χ1v) is 5.17. The Kier molecular flexibility index (Phi) is 2.64. The number of nitrogens with one attached hydrogen (secondary N) is 2. The Balaban J connectivity index is 2.02. The van der Waals surface area contributed by atoms with Crippen molar-refractivity contribution in [2.24, 2.45) is 7.05 Å². The summed E-state index contributed by atoms with van der Waals surface area (Å²) in [4.78, 5) is 22.7. The summed E-state index contributed by atoms with van der Waals surface area (Å²) in [6.45, 7) is 1.85. The Morgan fingerprint density at radius 1 is 1.69 bits per heavy atom. The van der Waals surface area contributed by atoms with Gasteiger partial charge in [0.25, 0.3) is 0 Å². The van der Waals surface area contributed by atoms with E-state index in [1.54, 1.807) is 17.8 Å². The van der Waals surface area contributed by atoms with Crippen LogP contribution in [0.1, 0.15) is 18.5 Å². The summed E-state index contributed by atoms with van der Waals surface area (Å²) in [6, 6.07) is 1.37. The van der Waals surface area contributed by atoms with Crippen LogP contribution in [0.15, 0.2) is 6.07 Å². The molecule has 2 N–H and O–H groups in total. The topological polar surface area (TPSA) is 76.0 Å². The average molecular weight is 222 g/mol. The van der Waals surface area contributed by atoms with E-state index in [4.69, 9.17) is 0 Å². The molecule has 6 nitrogen and oxygen atoms in total. The number of carbonyl (C=O) groups is 2. The molecule has 0 aromatic carbocycles.